The van der Waals surface area contributed by atoms with Gasteiger partial charge in [-0.1, -0.05) is 0 Å². The Kier molecular flexibility index (Phi) is 2.27. The van der Waals surface area contributed by atoms with Crippen LogP contribution in [0.25, 0.3) is 0 Å². The molecule has 0 aromatic carbocycles. The van der Waals surface area contributed by atoms with Crippen molar-refractivity contribution in [2.45, 2.75) is 6.92 Å². The van der Waals surface area contributed by atoms with Crippen LogP contribution < -0.4 is 0 Å². The topological polar surface area (TPSA) is 58.4 Å². The Hall–Kier alpha value is -1.52. The van der Waals surface area contributed by atoms with Crippen molar-refractivity contribution in [3.05, 3.63) is 11.4 Å². The maximum atomic E-state index is 11.4. The predicted octanol–water partition coefficient (Wildman–Crippen LogP) is 0.136. The predicted molar refractivity (Wildman–Crippen MR) is 47.6 cm³/mol. The second-order valence-electron chi connectivity index (χ2n) is 3.11. The van der Waals surface area contributed by atoms with E-state index in [1.54, 1.807) is 28.1 Å². The summed E-state index contributed by atoms with van der Waals surface area (Å²) in [4.78, 5) is 12.8. The molecule has 0 aliphatic rings. The summed E-state index contributed by atoms with van der Waals surface area (Å²) in [5.41, 5.74) is 0.690. The van der Waals surface area contributed by atoms with Crippen LogP contribution in [0.1, 0.15) is 16.2 Å². The molecule has 1 N–H and O–H groups in total. The molecule has 1 aromatic rings. The highest BCUT2D eigenvalue weighted by atomic mass is 16.3. The highest BCUT2D eigenvalue weighted by Gasteiger charge is 2.19. The van der Waals surface area contributed by atoms with Gasteiger partial charge in [-0.3, -0.25) is 9.48 Å². The molecule has 0 radical (unpaired) electrons. The minimum atomic E-state index is -0.291. The maximum Gasteiger partial charge on any atom is 0.277 e. The van der Waals surface area contributed by atoms with Crippen LogP contribution in [-0.2, 0) is 7.05 Å². The van der Waals surface area contributed by atoms with Crippen molar-refractivity contribution in [2.75, 3.05) is 14.1 Å². The van der Waals surface area contributed by atoms with E-state index >= 15 is 0 Å². The van der Waals surface area contributed by atoms with E-state index in [9.17, 15) is 9.90 Å². The number of carbonyl (C=O) groups is 1. The van der Waals surface area contributed by atoms with Gasteiger partial charge < -0.3 is 10.0 Å². The molecule has 1 aromatic heterocycles. The molecule has 13 heavy (non-hydrogen) atoms. The molecular formula is C8H13N3O2. The number of rotatable bonds is 1. The lowest BCUT2D eigenvalue weighted by Gasteiger charge is -2.07. The fourth-order valence-electron chi connectivity index (χ4n) is 0.953. The van der Waals surface area contributed by atoms with Crippen LogP contribution in [0.15, 0.2) is 0 Å². The fourth-order valence-corrected chi connectivity index (χ4v) is 0.953. The van der Waals surface area contributed by atoms with Crippen LogP contribution in [0.5, 0.6) is 5.75 Å². The van der Waals surface area contributed by atoms with Crippen LogP contribution in [0.3, 0.4) is 0 Å². The van der Waals surface area contributed by atoms with Gasteiger partial charge in [0.2, 0.25) is 0 Å². The molecule has 0 unspecified atom stereocenters. The largest absolute Gasteiger partial charge is 0.504 e. The van der Waals surface area contributed by atoms with Crippen LogP contribution in [0.2, 0.25) is 0 Å². The van der Waals surface area contributed by atoms with E-state index in [-0.39, 0.29) is 17.4 Å². The van der Waals surface area contributed by atoms with Gasteiger partial charge in [-0.2, -0.15) is 5.10 Å². The molecular weight excluding hydrogens is 170 g/mol. The van der Waals surface area contributed by atoms with Gasteiger partial charge in [0.1, 0.15) is 0 Å². The first kappa shape index (κ1) is 9.57. The molecule has 0 spiro atoms. The molecule has 0 saturated heterocycles. The molecule has 0 saturated carbocycles. The number of amides is 1. The standard InChI is InChI=1S/C8H13N3O2/c1-5-7(12)6(9-11(5)4)8(13)10(2)3/h12H,1-4H3. The molecule has 0 bridgehead atoms. The van der Waals surface area contributed by atoms with E-state index in [2.05, 4.69) is 5.10 Å². The first-order chi connectivity index (χ1) is 5.95. The zero-order valence-corrected chi connectivity index (χ0v) is 8.20. The second kappa shape index (κ2) is 3.08. The van der Waals surface area contributed by atoms with Crippen molar-refractivity contribution in [3.63, 3.8) is 0 Å². The summed E-state index contributed by atoms with van der Waals surface area (Å²) in [5, 5.41) is 13.4. The number of nitrogens with zero attached hydrogens (tertiary/aromatic N) is 3. The van der Waals surface area contributed by atoms with Gasteiger partial charge in [-0.25, -0.2) is 0 Å². The van der Waals surface area contributed by atoms with Gasteiger partial charge in [0, 0.05) is 21.1 Å². The van der Waals surface area contributed by atoms with Crippen LogP contribution in [0.4, 0.5) is 0 Å². The normalized spacial score (nSPS) is 10.2. The molecule has 0 atom stereocenters. The van der Waals surface area contributed by atoms with E-state index < -0.39 is 0 Å². The molecule has 1 heterocycles. The van der Waals surface area contributed by atoms with E-state index in [0.29, 0.717) is 5.69 Å². The molecule has 72 valence electrons. The minimum absolute atomic E-state index is 0.0406. The summed E-state index contributed by atoms with van der Waals surface area (Å²) < 4.78 is 1.48. The van der Waals surface area contributed by atoms with Gasteiger partial charge in [0.25, 0.3) is 5.91 Å². The highest BCUT2D eigenvalue weighted by Crippen LogP contribution is 2.20. The Morgan fingerprint density at radius 1 is 1.54 bits per heavy atom. The zero-order valence-electron chi connectivity index (χ0n) is 8.20. The summed E-state index contributed by atoms with van der Waals surface area (Å²) in [6, 6.07) is 0. The third-order valence-corrected chi connectivity index (χ3v) is 1.91. The number of carbonyl (C=O) groups excluding carboxylic acids is 1. The molecule has 1 amide bonds. The summed E-state index contributed by atoms with van der Waals surface area (Å²) >= 11 is 0. The second-order valence-corrected chi connectivity index (χ2v) is 3.11. The lowest BCUT2D eigenvalue weighted by molar-refractivity contribution is 0.0818. The lowest BCUT2D eigenvalue weighted by Crippen LogP contribution is -2.22. The Morgan fingerprint density at radius 2 is 2.08 bits per heavy atom. The maximum absolute atomic E-state index is 11.4. The van der Waals surface area contributed by atoms with Gasteiger partial charge in [-0.05, 0) is 6.92 Å². The van der Waals surface area contributed by atoms with Crippen LogP contribution in [-0.4, -0.2) is 39.8 Å². The van der Waals surface area contributed by atoms with Crippen molar-refractivity contribution in [2.24, 2.45) is 7.05 Å². The fraction of sp³-hybridized carbons (Fsp3) is 0.500. The summed E-state index contributed by atoms with van der Waals surface area (Å²) in [6.07, 6.45) is 0. The molecule has 1 rings (SSSR count). The van der Waals surface area contributed by atoms with E-state index in [1.165, 1.54) is 9.58 Å². The monoisotopic (exact) mass is 183 g/mol. The average molecular weight is 183 g/mol. The Labute approximate surface area is 76.6 Å². The number of aromatic hydroxyl groups is 1. The Morgan fingerprint density at radius 3 is 2.38 bits per heavy atom. The molecule has 5 heteroatoms. The van der Waals surface area contributed by atoms with Gasteiger partial charge in [-0.15, -0.1) is 0 Å². The Bertz CT molecular complexity index is 341. The number of aromatic nitrogens is 2. The number of aryl methyl sites for hydroxylation is 1. The van der Waals surface area contributed by atoms with Crippen molar-refractivity contribution in [1.29, 1.82) is 0 Å². The highest BCUT2D eigenvalue weighted by molar-refractivity contribution is 5.94. The average Bonchev–Trinajstić information content (AvgIpc) is 2.31. The first-order valence-electron chi connectivity index (χ1n) is 3.89. The lowest BCUT2D eigenvalue weighted by atomic mass is 10.3. The zero-order chi connectivity index (χ0) is 10.2. The van der Waals surface area contributed by atoms with E-state index in [1.807, 2.05) is 0 Å². The quantitative estimate of drug-likeness (QED) is 0.673. The smallest absolute Gasteiger partial charge is 0.277 e. The number of hydrogen-bond acceptors (Lipinski definition) is 3. The first-order valence-corrected chi connectivity index (χ1v) is 3.89. The van der Waals surface area contributed by atoms with Crippen LogP contribution in [0, 0.1) is 6.92 Å². The van der Waals surface area contributed by atoms with Crippen molar-refractivity contribution >= 4 is 5.91 Å². The third-order valence-electron chi connectivity index (χ3n) is 1.91. The molecule has 0 aliphatic carbocycles. The number of hydrogen-bond donors (Lipinski definition) is 1. The van der Waals surface area contributed by atoms with Crippen molar-refractivity contribution < 1.29 is 9.90 Å². The summed E-state index contributed by atoms with van der Waals surface area (Å²) in [7, 11) is 4.92. The van der Waals surface area contributed by atoms with Gasteiger partial charge >= 0.3 is 0 Å². The molecule has 0 fully saturated rings. The summed E-state index contributed by atoms with van der Waals surface area (Å²) in [6.45, 7) is 1.70. The van der Waals surface area contributed by atoms with Gasteiger partial charge in [0.15, 0.2) is 11.4 Å². The Balaban J connectivity index is 3.16. The summed E-state index contributed by atoms with van der Waals surface area (Å²) in [5.74, 6) is -0.331. The van der Waals surface area contributed by atoms with Crippen LogP contribution >= 0.6 is 0 Å². The van der Waals surface area contributed by atoms with E-state index in [4.69, 9.17) is 0 Å². The third kappa shape index (κ3) is 1.49. The molecule has 5 nitrogen and oxygen atoms in total. The van der Waals surface area contributed by atoms with E-state index in [0.717, 1.165) is 0 Å². The molecule has 0 aliphatic heterocycles. The van der Waals surface area contributed by atoms with Gasteiger partial charge in [0.05, 0.1) is 5.69 Å². The minimum Gasteiger partial charge on any atom is -0.504 e. The SMILES string of the molecule is Cc1c(O)c(C(=O)N(C)C)nn1C. The van der Waals surface area contributed by atoms with Crippen molar-refractivity contribution in [3.8, 4) is 5.75 Å². The van der Waals surface area contributed by atoms with Crippen molar-refractivity contribution in [1.82, 2.24) is 14.7 Å².